The van der Waals surface area contributed by atoms with Crippen LogP contribution in [0.2, 0.25) is 0 Å². The van der Waals surface area contributed by atoms with Gasteiger partial charge in [0.05, 0.1) is 5.56 Å². The van der Waals surface area contributed by atoms with E-state index in [4.69, 9.17) is 0 Å². The topological polar surface area (TPSA) is 23.6 Å². The van der Waals surface area contributed by atoms with Crippen LogP contribution in [0.1, 0.15) is 35.7 Å². The van der Waals surface area contributed by atoms with Crippen LogP contribution in [0.5, 0.6) is 0 Å². The number of carbonyl (C=O) groups is 1. The van der Waals surface area contributed by atoms with Gasteiger partial charge in [-0.05, 0) is 61.3 Å². The van der Waals surface area contributed by atoms with Gasteiger partial charge in [-0.2, -0.15) is 0 Å². The Hall–Kier alpha value is -0.870. The molecule has 2 saturated heterocycles. The summed E-state index contributed by atoms with van der Waals surface area (Å²) in [4.78, 5) is 17.5. The molecule has 2 atom stereocenters. The molecule has 3 nitrogen and oxygen atoms in total. The summed E-state index contributed by atoms with van der Waals surface area (Å²) in [6.07, 6.45) is 2.50. The van der Waals surface area contributed by atoms with Crippen molar-refractivity contribution in [1.29, 1.82) is 0 Å². The number of rotatable bonds is 1. The molecule has 0 N–H and O–H groups in total. The van der Waals surface area contributed by atoms with Gasteiger partial charge in [-0.15, -0.1) is 0 Å². The van der Waals surface area contributed by atoms with Gasteiger partial charge in [0.1, 0.15) is 0 Å². The quantitative estimate of drug-likeness (QED) is 0.786. The summed E-state index contributed by atoms with van der Waals surface area (Å²) in [5.74, 6) is 0.166. The predicted octanol–water partition coefficient (Wildman–Crippen LogP) is 3.07. The molecular weight excluding hydrogens is 316 g/mol. The van der Waals surface area contributed by atoms with Crippen LogP contribution >= 0.6 is 15.9 Å². The molecule has 2 heterocycles. The van der Waals surface area contributed by atoms with E-state index in [0.717, 1.165) is 28.7 Å². The minimum absolute atomic E-state index is 0.166. The third-order valence-corrected chi connectivity index (χ3v) is 5.24. The van der Waals surface area contributed by atoms with Crippen LogP contribution in [0, 0.1) is 6.92 Å². The molecular formula is C16H21BrN2O. The van der Waals surface area contributed by atoms with Gasteiger partial charge in [0.25, 0.3) is 5.91 Å². The van der Waals surface area contributed by atoms with Crippen molar-refractivity contribution in [3.8, 4) is 0 Å². The number of carbonyl (C=O) groups excluding carboxylic acids is 1. The third-order valence-electron chi connectivity index (χ3n) is 4.55. The van der Waals surface area contributed by atoms with Crippen molar-refractivity contribution >= 4 is 21.8 Å². The number of amides is 1. The first-order chi connectivity index (χ1) is 9.56. The predicted molar refractivity (Wildman–Crippen MR) is 84.0 cm³/mol. The molecule has 2 fully saturated rings. The van der Waals surface area contributed by atoms with Gasteiger partial charge in [-0.1, -0.05) is 11.6 Å². The Balaban J connectivity index is 1.84. The first kappa shape index (κ1) is 14.1. The molecule has 0 saturated carbocycles. The molecule has 2 aliphatic rings. The minimum Gasteiger partial charge on any atom is -0.333 e. The number of aryl methyl sites for hydroxylation is 1. The first-order valence-corrected chi connectivity index (χ1v) is 8.16. The van der Waals surface area contributed by atoms with Crippen molar-refractivity contribution in [2.45, 2.75) is 38.8 Å². The minimum atomic E-state index is 0.166. The largest absolute Gasteiger partial charge is 0.333 e. The summed E-state index contributed by atoms with van der Waals surface area (Å²) in [6.45, 7) is 7.28. The summed E-state index contributed by atoms with van der Waals surface area (Å²) < 4.78 is 0.897. The number of hydrogen-bond donors (Lipinski definition) is 0. The molecule has 0 radical (unpaired) electrons. The second-order valence-electron chi connectivity index (χ2n) is 6.08. The number of halogens is 1. The molecule has 1 aromatic rings. The summed E-state index contributed by atoms with van der Waals surface area (Å²) >= 11 is 3.52. The molecule has 1 aromatic carbocycles. The fraction of sp³-hybridized carbons (Fsp3) is 0.562. The zero-order chi connectivity index (χ0) is 14.3. The van der Waals surface area contributed by atoms with Gasteiger partial charge < -0.3 is 4.90 Å². The molecule has 3 rings (SSSR count). The highest BCUT2D eigenvalue weighted by Crippen LogP contribution is 2.27. The molecule has 1 amide bonds. The van der Waals surface area contributed by atoms with Crippen LogP contribution in [0.3, 0.4) is 0 Å². The summed E-state index contributed by atoms with van der Waals surface area (Å²) in [5.41, 5.74) is 1.92. The average molecular weight is 337 g/mol. The fourth-order valence-corrected chi connectivity index (χ4v) is 3.84. The van der Waals surface area contributed by atoms with Crippen molar-refractivity contribution in [3.63, 3.8) is 0 Å². The maximum Gasteiger partial charge on any atom is 0.255 e. The van der Waals surface area contributed by atoms with Gasteiger partial charge in [-0.3, -0.25) is 9.69 Å². The van der Waals surface area contributed by atoms with Crippen molar-refractivity contribution in [3.05, 3.63) is 33.8 Å². The SMILES string of the molecule is Cc1ccc(Br)c(C(=O)N2CC3CCCN3CC2C)c1. The van der Waals surface area contributed by atoms with E-state index < -0.39 is 0 Å². The molecule has 2 aliphatic heterocycles. The van der Waals surface area contributed by atoms with Crippen LogP contribution in [-0.2, 0) is 0 Å². The maximum absolute atomic E-state index is 12.8. The van der Waals surface area contributed by atoms with E-state index in [1.807, 2.05) is 25.1 Å². The van der Waals surface area contributed by atoms with Crippen LogP contribution < -0.4 is 0 Å². The zero-order valence-electron chi connectivity index (χ0n) is 12.1. The molecule has 2 unspecified atom stereocenters. The van der Waals surface area contributed by atoms with Crippen molar-refractivity contribution in [1.82, 2.24) is 9.80 Å². The standard InChI is InChI=1S/C16H21BrN2O/c1-11-5-6-15(17)14(8-11)16(20)19-10-13-4-3-7-18(13)9-12(19)2/h5-6,8,12-13H,3-4,7,9-10H2,1-2H3. The smallest absolute Gasteiger partial charge is 0.255 e. The van der Waals surface area contributed by atoms with Gasteiger partial charge in [0.2, 0.25) is 0 Å². The average Bonchev–Trinajstić information content (AvgIpc) is 2.87. The molecule has 4 heteroatoms. The van der Waals surface area contributed by atoms with Crippen LogP contribution in [-0.4, -0.2) is 47.4 Å². The van der Waals surface area contributed by atoms with Crippen molar-refractivity contribution in [2.24, 2.45) is 0 Å². The highest BCUT2D eigenvalue weighted by atomic mass is 79.9. The zero-order valence-corrected chi connectivity index (χ0v) is 13.7. The second kappa shape index (κ2) is 5.49. The lowest BCUT2D eigenvalue weighted by Gasteiger charge is -2.42. The van der Waals surface area contributed by atoms with Crippen LogP contribution in [0.25, 0.3) is 0 Å². The lowest BCUT2D eigenvalue weighted by Crippen LogP contribution is -2.56. The van der Waals surface area contributed by atoms with E-state index in [9.17, 15) is 4.79 Å². The molecule has 0 aromatic heterocycles. The number of nitrogens with zero attached hydrogens (tertiary/aromatic N) is 2. The Morgan fingerprint density at radius 3 is 2.95 bits per heavy atom. The highest BCUT2D eigenvalue weighted by molar-refractivity contribution is 9.10. The molecule has 0 bridgehead atoms. The summed E-state index contributed by atoms with van der Waals surface area (Å²) in [6, 6.07) is 6.85. The van der Waals surface area contributed by atoms with Crippen LogP contribution in [0.15, 0.2) is 22.7 Å². The lowest BCUT2D eigenvalue weighted by atomic mass is 10.0. The molecule has 108 valence electrons. The second-order valence-corrected chi connectivity index (χ2v) is 6.94. The molecule has 0 aliphatic carbocycles. The summed E-state index contributed by atoms with van der Waals surface area (Å²) in [5, 5.41) is 0. The fourth-order valence-electron chi connectivity index (χ4n) is 3.43. The van der Waals surface area contributed by atoms with Gasteiger partial charge >= 0.3 is 0 Å². The van der Waals surface area contributed by atoms with E-state index in [2.05, 4.69) is 32.7 Å². The maximum atomic E-state index is 12.8. The Morgan fingerprint density at radius 2 is 2.15 bits per heavy atom. The van der Waals surface area contributed by atoms with Crippen LogP contribution in [0.4, 0.5) is 0 Å². The van der Waals surface area contributed by atoms with Crippen molar-refractivity contribution < 1.29 is 4.79 Å². The van der Waals surface area contributed by atoms with E-state index in [0.29, 0.717) is 12.1 Å². The van der Waals surface area contributed by atoms with Gasteiger partial charge in [-0.25, -0.2) is 0 Å². The van der Waals surface area contributed by atoms with Crippen molar-refractivity contribution in [2.75, 3.05) is 19.6 Å². The monoisotopic (exact) mass is 336 g/mol. The number of hydrogen-bond acceptors (Lipinski definition) is 2. The van der Waals surface area contributed by atoms with E-state index >= 15 is 0 Å². The first-order valence-electron chi connectivity index (χ1n) is 7.37. The summed E-state index contributed by atoms with van der Waals surface area (Å²) in [7, 11) is 0. The number of fused-ring (bicyclic) bond motifs is 1. The van der Waals surface area contributed by atoms with E-state index in [1.54, 1.807) is 0 Å². The Kier molecular flexibility index (Phi) is 3.87. The molecule has 0 spiro atoms. The highest BCUT2D eigenvalue weighted by Gasteiger charge is 2.37. The van der Waals surface area contributed by atoms with E-state index in [1.165, 1.54) is 19.4 Å². The van der Waals surface area contributed by atoms with Gasteiger partial charge in [0, 0.05) is 29.6 Å². The normalized spacial score (nSPS) is 26.6. The number of benzene rings is 1. The Bertz CT molecular complexity index is 531. The Labute approximate surface area is 129 Å². The third kappa shape index (κ3) is 2.51. The Morgan fingerprint density at radius 1 is 1.35 bits per heavy atom. The van der Waals surface area contributed by atoms with Gasteiger partial charge in [0.15, 0.2) is 0 Å². The number of piperazine rings is 1. The lowest BCUT2D eigenvalue weighted by molar-refractivity contribution is 0.0394. The van der Waals surface area contributed by atoms with E-state index in [-0.39, 0.29) is 5.91 Å². The molecule has 20 heavy (non-hydrogen) atoms.